The highest BCUT2D eigenvalue weighted by Crippen LogP contribution is 2.26. The van der Waals surface area contributed by atoms with Crippen molar-refractivity contribution in [3.63, 3.8) is 0 Å². The fourth-order valence-corrected chi connectivity index (χ4v) is 2.54. The van der Waals surface area contributed by atoms with Crippen molar-refractivity contribution >= 4 is 38.9 Å². The fourth-order valence-electron chi connectivity index (χ4n) is 1.21. The van der Waals surface area contributed by atoms with Crippen molar-refractivity contribution in [2.24, 2.45) is 0 Å². The number of anilines is 1. The fraction of sp³-hybridized carbons (Fsp3) is 0.455. The summed E-state index contributed by atoms with van der Waals surface area (Å²) in [5, 5.41) is 0.687. The van der Waals surface area contributed by atoms with Gasteiger partial charge in [-0.25, -0.2) is 8.42 Å². The van der Waals surface area contributed by atoms with Gasteiger partial charge in [-0.1, -0.05) is 23.2 Å². The van der Waals surface area contributed by atoms with Crippen LogP contribution < -0.4 is 4.72 Å². The largest absolute Gasteiger partial charge is 0.382 e. The van der Waals surface area contributed by atoms with Crippen LogP contribution in [0.4, 0.5) is 5.69 Å². The average Bonchev–Trinajstić information content (AvgIpc) is 2.33. The molecule has 0 aliphatic rings. The molecule has 0 saturated heterocycles. The van der Waals surface area contributed by atoms with Gasteiger partial charge in [0.15, 0.2) is 0 Å². The Kier molecular flexibility index (Phi) is 6.88. The first kappa shape index (κ1) is 16.5. The number of ether oxygens (including phenoxy) is 2. The maximum atomic E-state index is 11.8. The quantitative estimate of drug-likeness (QED) is 0.744. The molecule has 0 fully saturated rings. The monoisotopic (exact) mass is 327 g/mol. The van der Waals surface area contributed by atoms with Gasteiger partial charge in [-0.15, -0.1) is 0 Å². The number of hydrogen-bond donors (Lipinski definition) is 1. The van der Waals surface area contributed by atoms with Crippen LogP contribution in [-0.4, -0.2) is 41.1 Å². The summed E-state index contributed by atoms with van der Waals surface area (Å²) < 4.78 is 35.8. The molecule has 0 saturated carbocycles. The van der Waals surface area contributed by atoms with Crippen LogP contribution >= 0.6 is 23.2 Å². The zero-order chi connectivity index (χ0) is 14.3. The summed E-state index contributed by atoms with van der Waals surface area (Å²) in [6.07, 6.45) is 0. The third-order valence-electron chi connectivity index (χ3n) is 2.12. The minimum atomic E-state index is -3.52. The molecule has 0 atom stereocenters. The normalized spacial score (nSPS) is 11.5. The molecule has 0 aliphatic carbocycles. The molecular formula is C11H15Cl2NO4S. The van der Waals surface area contributed by atoms with Crippen molar-refractivity contribution in [1.82, 2.24) is 0 Å². The standard InChI is InChI=1S/C11H15Cl2NO4S/c1-17-4-5-18-6-7-19(15,16)14-11-8-9(12)2-3-10(11)13/h2-3,8,14H,4-7H2,1H3. The molecule has 5 nitrogen and oxygen atoms in total. The van der Waals surface area contributed by atoms with Crippen LogP contribution in [-0.2, 0) is 19.5 Å². The first-order valence-electron chi connectivity index (χ1n) is 5.47. The predicted octanol–water partition coefficient (Wildman–Crippen LogP) is 2.40. The molecule has 8 heteroatoms. The van der Waals surface area contributed by atoms with Crippen LogP contribution in [0.5, 0.6) is 0 Å². The third kappa shape index (κ3) is 6.44. The molecule has 0 unspecified atom stereocenters. The summed E-state index contributed by atoms with van der Waals surface area (Å²) in [6, 6.07) is 4.56. The number of sulfonamides is 1. The Morgan fingerprint density at radius 2 is 1.95 bits per heavy atom. The van der Waals surface area contributed by atoms with Gasteiger partial charge in [0.2, 0.25) is 10.0 Å². The Hall–Kier alpha value is -0.530. The van der Waals surface area contributed by atoms with Crippen LogP contribution in [0.3, 0.4) is 0 Å². The molecule has 1 aromatic carbocycles. The van der Waals surface area contributed by atoms with E-state index in [-0.39, 0.29) is 23.1 Å². The predicted molar refractivity (Wildman–Crippen MR) is 76.6 cm³/mol. The molecule has 0 spiro atoms. The molecule has 19 heavy (non-hydrogen) atoms. The number of nitrogens with one attached hydrogen (secondary N) is 1. The van der Waals surface area contributed by atoms with E-state index in [1.165, 1.54) is 12.1 Å². The van der Waals surface area contributed by atoms with E-state index >= 15 is 0 Å². The lowest BCUT2D eigenvalue weighted by Crippen LogP contribution is -2.21. The van der Waals surface area contributed by atoms with Crippen molar-refractivity contribution in [2.75, 3.05) is 37.4 Å². The zero-order valence-electron chi connectivity index (χ0n) is 10.4. The number of hydrogen-bond acceptors (Lipinski definition) is 4. The first-order chi connectivity index (χ1) is 8.94. The zero-order valence-corrected chi connectivity index (χ0v) is 12.7. The van der Waals surface area contributed by atoms with Crippen molar-refractivity contribution in [3.8, 4) is 0 Å². The van der Waals surface area contributed by atoms with Crippen LogP contribution in [0.15, 0.2) is 18.2 Å². The van der Waals surface area contributed by atoms with Gasteiger partial charge < -0.3 is 9.47 Å². The van der Waals surface area contributed by atoms with Crippen molar-refractivity contribution in [1.29, 1.82) is 0 Å². The van der Waals surface area contributed by atoms with Gasteiger partial charge >= 0.3 is 0 Å². The summed E-state index contributed by atoms with van der Waals surface area (Å²) in [7, 11) is -1.98. The summed E-state index contributed by atoms with van der Waals surface area (Å²) in [6.45, 7) is 0.856. The van der Waals surface area contributed by atoms with E-state index in [0.29, 0.717) is 18.2 Å². The highest BCUT2D eigenvalue weighted by molar-refractivity contribution is 7.92. The summed E-state index contributed by atoms with van der Waals surface area (Å²) in [4.78, 5) is 0. The Labute approximate surface area is 122 Å². The lowest BCUT2D eigenvalue weighted by Gasteiger charge is -2.10. The van der Waals surface area contributed by atoms with E-state index in [1.807, 2.05) is 0 Å². The van der Waals surface area contributed by atoms with Gasteiger partial charge in [-0.3, -0.25) is 4.72 Å². The second-order valence-electron chi connectivity index (χ2n) is 3.65. The molecule has 108 valence electrons. The maximum absolute atomic E-state index is 11.8. The molecule has 1 N–H and O–H groups in total. The molecule has 0 aliphatic heterocycles. The van der Waals surface area contributed by atoms with Crippen LogP contribution in [0.25, 0.3) is 0 Å². The molecule has 0 bridgehead atoms. The van der Waals surface area contributed by atoms with Gasteiger partial charge in [0.05, 0.1) is 36.3 Å². The lowest BCUT2D eigenvalue weighted by molar-refractivity contribution is 0.0785. The summed E-state index contributed by atoms with van der Waals surface area (Å²) in [5.41, 5.74) is 0.256. The second kappa shape index (κ2) is 7.91. The van der Waals surface area contributed by atoms with Gasteiger partial charge in [0.1, 0.15) is 0 Å². The van der Waals surface area contributed by atoms with Gasteiger partial charge in [-0.05, 0) is 18.2 Å². The highest BCUT2D eigenvalue weighted by Gasteiger charge is 2.12. The van der Waals surface area contributed by atoms with E-state index in [4.69, 9.17) is 32.7 Å². The Morgan fingerprint density at radius 3 is 2.63 bits per heavy atom. The number of methoxy groups -OCH3 is 1. The maximum Gasteiger partial charge on any atom is 0.235 e. The third-order valence-corrected chi connectivity index (χ3v) is 3.92. The van der Waals surface area contributed by atoms with Crippen LogP contribution in [0, 0.1) is 0 Å². The molecule has 1 aromatic rings. The van der Waals surface area contributed by atoms with E-state index < -0.39 is 10.0 Å². The van der Waals surface area contributed by atoms with E-state index in [0.717, 1.165) is 0 Å². The van der Waals surface area contributed by atoms with E-state index in [2.05, 4.69) is 4.72 Å². The Morgan fingerprint density at radius 1 is 1.21 bits per heavy atom. The molecule has 0 aromatic heterocycles. The summed E-state index contributed by atoms with van der Waals surface area (Å²) >= 11 is 11.6. The average molecular weight is 328 g/mol. The molecule has 0 radical (unpaired) electrons. The Balaban J connectivity index is 2.52. The van der Waals surface area contributed by atoms with Gasteiger partial charge in [0, 0.05) is 12.1 Å². The van der Waals surface area contributed by atoms with Gasteiger partial charge in [0.25, 0.3) is 0 Å². The topological polar surface area (TPSA) is 64.6 Å². The minimum absolute atomic E-state index is 0.0802. The smallest absolute Gasteiger partial charge is 0.235 e. The first-order valence-corrected chi connectivity index (χ1v) is 7.87. The minimum Gasteiger partial charge on any atom is -0.382 e. The van der Waals surface area contributed by atoms with E-state index in [1.54, 1.807) is 13.2 Å². The van der Waals surface area contributed by atoms with Crippen LogP contribution in [0.2, 0.25) is 10.0 Å². The van der Waals surface area contributed by atoms with Crippen molar-refractivity contribution in [2.45, 2.75) is 0 Å². The lowest BCUT2D eigenvalue weighted by atomic mass is 10.3. The number of rotatable bonds is 8. The Bertz CT molecular complexity index is 507. The summed E-state index contributed by atoms with van der Waals surface area (Å²) in [5.74, 6) is -0.167. The molecule has 1 rings (SSSR count). The van der Waals surface area contributed by atoms with Crippen LogP contribution in [0.1, 0.15) is 0 Å². The van der Waals surface area contributed by atoms with Crippen molar-refractivity contribution < 1.29 is 17.9 Å². The number of benzene rings is 1. The molecule has 0 amide bonds. The van der Waals surface area contributed by atoms with Crippen molar-refractivity contribution in [3.05, 3.63) is 28.2 Å². The molecule has 0 heterocycles. The van der Waals surface area contributed by atoms with E-state index in [9.17, 15) is 8.42 Å². The SMILES string of the molecule is COCCOCCS(=O)(=O)Nc1cc(Cl)ccc1Cl. The second-order valence-corrected chi connectivity index (χ2v) is 6.34. The molecular weight excluding hydrogens is 313 g/mol. The number of halogens is 2. The van der Waals surface area contributed by atoms with Gasteiger partial charge in [-0.2, -0.15) is 0 Å². The highest BCUT2D eigenvalue weighted by atomic mass is 35.5.